The van der Waals surface area contributed by atoms with E-state index in [1.165, 1.54) is 40.7 Å². The third-order valence-electron chi connectivity index (χ3n) is 4.65. The van der Waals surface area contributed by atoms with E-state index in [4.69, 9.17) is 0 Å². The fourth-order valence-electron chi connectivity index (χ4n) is 3.40. The molecule has 0 amide bonds. The summed E-state index contributed by atoms with van der Waals surface area (Å²) in [4.78, 5) is 2.59. The first-order valence-corrected chi connectivity index (χ1v) is 7.65. The van der Waals surface area contributed by atoms with Gasteiger partial charge in [0.15, 0.2) is 0 Å². The predicted octanol–water partition coefficient (Wildman–Crippen LogP) is 2.59. The number of benzene rings is 1. The fourth-order valence-corrected chi connectivity index (χ4v) is 3.40. The van der Waals surface area contributed by atoms with Crippen molar-refractivity contribution in [2.24, 2.45) is 7.05 Å². The Bertz CT molecular complexity index is 604. The van der Waals surface area contributed by atoms with E-state index in [0.29, 0.717) is 0 Å². The second-order valence-corrected chi connectivity index (χ2v) is 5.97. The second-order valence-electron chi connectivity index (χ2n) is 5.97. The molecule has 1 N–H and O–H groups in total. The van der Waals surface area contributed by atoms with E-state index < -0.39 is 0 Å². The smallest absolute Gasteiger partial charge is 0.0512 e. The fraction of sp³-hybridized carbons (Fsp3) is 0.529. The van der Waals surface area contributed by atoms with Gasteiger partial charge in [-0.05, 0) is 44.5 Å². The Balaban J connectivity index is 1.98. The summed E-state index contributed by atoms with van der Waals surface area (Å²) in [5, 5.41) is 4.91. The molecule has 1 aromatic heterocycles. The molecule has 1 aromatic carbocycles. The van der Waals surface area contributed by atoms with Gasteiger partial charge in [-0.3, -0.25) is 4.90 Å². The summed E-state index contributed by atoms with van der Waals surface area (Å²) in [6.07, 6.45) is 1.25. The number of hydrogen-bond donors (Lipinski definition) is 1. The first-order chi connectivity index (χ1) is 9.68. The molecule has 0 spiro atoms. The molecule has 3 rings (SSSR count). The maximum Gasteiger partial charge on any atom is 0.0512 e. The van der Waals surface area contributed by atoms with Crippen molar-refractivity contribution in [1.29, 1.82) is 0 Å². The van der Waals surface area contributed by atoms with E-state index in [0.717, 1.165) is 26.2 Å². The normalized spacial score (nSPS) is 17.6. The quantitative estimate of drug-likeness (QED) is 0.906. The lowest BCUT2D eigenvalue weighted by atomic mass is 10.1. The SMILES string of the molecule is Cc1cccc2c(CN3CCCNCC3)c(C)n(C)c12. The van der Waals surface area contributed by atoms with Crippen molar-refractivity contribution in [1.82, 2.24) is 14.8 Å². The minimum atomic E-state index is 1.08. The summed E-state index contributed by atoms with van der Waals surface area (Å²) in [5.74, 6) is 0. The van der Waals surface area contributed by atoms with Crippen LogP contribution in [0.3, 0.4) is 0 Å². The molecule has 1 aliphatic heterocycles. The lowest BCUT2D eigenvalue weighted by molar-refractivity contribution is 0.284. The highest BCUT2D eigenvalue weighted by molar-refractivity contribution is 5.88. The first kappa shape index (κ1) is 13.7. The zero-order valence-corrected chi connectivity index (χ0v) is 12.9. The molecule has 1 fully saturated rings. The van der Waals surface area contributed by atoms with Crippen molar-refractivity contribution in [2.45, 2.75) is 26.8 Å². The van der Waals surface area contributed by atoms with Gasteiger partial charge in [0.1, 0.15) is 0 Å². The summed E-state index contributed by atoms with van der Waals surface area (Å²) in [7, 11) is 2.19. The predicted molar refractivity (Wildman–Crippen MR) is 85.2 cm³/mol. The van der Waals surface area contributed by atoms with Crippen LogP contribution in [0.1, 0.15) is 23.2 Å². The molecule has 108 valence electrons. The van der Waals surface area contributed by atoms with Crippen LogP contribution in [0.4, 0.5) is 0 Å². The van der Waals surface area contributed by atoms with E-state index in [9.17, 15) is 0 Å². The van der Waals surface area contributed by atoms with Crippen LogP contribution in [0.15, 0.2) is 18.2 Å². The van der Waals surface area contributed by atoms with Crippen LogP contribution in [0.2, 0.25) is 0 Å². The van der Waals surface area contributed by atoms with Gasteiger partial charge in [0, 0.05) is 37.8 Å². The largest absolute Gasteiger partial charge is 0.347 e. The zero-order chi connectivity index (χ0) is 14.1. The Morgan fingerprint density at radius 3 is 2.85 bits per heavy atom. The van der Waals surface area contributed by atoms with Crippen LogP contribution in [-0.4, -0.2) is 35.6 Å². The van der Waals surface area contributed by atoms with Crippen LogP contribution >= 0.6 is 0 Å². The van der Waals surface area contributed by atoms with Crippen LogP contribution in [0.25, 0.3) is 10.9 Å². The summed E-state index contributed by atoms with van der Waals surface area (Å²) >= 11 is 0. The molecule has 1 saturated heterocycles. The third kappa shape index (κ3) is 2.36. The molecule has 3 heteroatoms. The molecule has 2 heterocycles. The average molecular weight is 271 g/mol. The van der Waals surface area contributed by atoms with Crippen molar-refractivity contribution in [2.75, 3.05) is 26.2 Å². The highest BCUT2D eigenvalue weighted by atomic mass is 15.2. The molecule has 20 heavy (non-hydrogen) atoms. The molecule has 0 unspecified atom stereocenters. The Morgan fingerprint density at radius 2 is 2.00 bits per heavy atom. The Morgan fingerprint density at radius 1 is 1.15 bits per heavy atom. The van der Waals surface area contributed by atoms with E-state index in [1.54, 1.807) is 0 Å². The topological polar surface area (TPSA) is 20.2 Å². The maximum atomic E-state index is 3.48. The maximum absolute atomic E-state index is 3.48. The molecule has 0 saturated carbocycles. The third-order valence-corrected chi connectivity index (χ3v) is 4.65. The minimum Gasteiger partial charge on any atom is -0.347 e. The number of rotatable bonds is 2. The van der Waals surface area contributed by atoms with Gasteiger partial charge < -0.3 is 9.88 Å². The van der Waals surface area contributed by atoms with Gasteiger partial charge >= 0.3 is 0 Å². The standard InChI is InChI=1S/C17H25N3/c1-13-6-4-7-15-16(14(2)19(3)17(13)15)12-20-10-5-8-18-9-11-20/h4,6-7,18H,5,8-12H2,1-3H3. The zero-order valence-electron chi connectivity index (χ0n) is 12.9. The number of aromatic nitrogens is 1. The molecular formula is C17H25N3. The number of nitrogens with zero attached hydrogens (tertiary/aromatic N) is 2. The highest BCUT2D eigenvalue weighted by Crippen LogP contribution is 2.28. The van der Waals surface area contributed by atoms with Crippen LogP contribution in [0.5, 0.6) is 0 Å². The van der Waals surface area contributed by atoms with E-state index >= 15 is 0 Å². The molecule has 0 radical (unpaired) electrons. The molecular weight excluding hydrogens is 246 g/mol. The lowest BCUT2D eigenvalue weighted by Crippen LogP contribution is -2.27. The molecule has 0 bridgehead atoms. The monoisotopic (exact) mass is 271 g/mol. The van der Waals surface area contributed by atoms with Crippen molar-refractivity contribution in [3.8, 4) is 0 Å². The average Bonchev–Trinajstić information content (AvgIpc) is 2.64. The number of hydrogen-bond acceptors (Lipinski definition) is 2. The van der Waals surface area contributed by atoms with Gasteiger partial charge in [0.25, 0.3) is 0 Å². The van der Waals surface area contributed by atoms with Crippen LogP contribution in [-0.2, 0) is 13.6 Å². The first-order valence-electron chi connectivity index (χ1n) is 7.65. The van der Waals surface area contributed by atoms with Crippen molar-refractivity contribution in [3.05, 3.63) is 35.0 Å². The van der Waals surface area contributed by atoms with Crippen LogP contribution < -0.4 is 5.32 Å². The number of nitrogens with one attached hydrogen (secondary N) is 1. The van der Waals surface area contributed by atoms with Gasteiger partial charge in [-0.1, -0.05) is 18.2 Å². The lowest BCUT2D eigenvalue weighted by Gasteiger charge is -2.19. The highest BCUT2D eigenvalue weighted by Gasteiger charge is 2.16. The van der Waals surface area contributed by atoms with Gasteiger partial charge in [0.05, 0.1) is 5.52 Å². The molecule has 3 nitrogen and oxygen atoms in total. The summed E-state index contributed by atoms with van der Waals surface area (Å²) < 4.78 is 2.36. The molecule has 0 aliphatic carbocycles. The van der Waals surface area contributed by atoms with Gasteiger partial charge in [-0.25, -0.2) is 0 Å². The molecule has 0 atom stereocenters. The van der Waals surface area contributed by atoms with Gasteiger partial charge in [-0.2, -0.15) is 0 Å². The number of para-hydroxylation sites is 1. The Labute approximate surface area is 121 Å². The second kappa shape index (κ2) is 5.58. The van der Waals surface area contributed by atoms with Gasteiger partial charge in [0.2, 0.25) is 0 Å². The number of aryl methyl sites for hydroxylation is 2. The van der Waals surface area contributed by atoms with Crippen molar-refractivity contribution >= 4 is 10.9 Å². The van der Waals surface area contributed by atoms with E-state index in [-0.39, 0.29) is 0 Å². The molecule has 2 aromatic rings. The minimum absolute atomic E-state index is 1.08. The Kier molecular flexibility index (Phi) is 3.81. The van der Waals surface area contributed by atoms with E-state index in [1.807, 2.05) is 0 Å². The number of fused-ring (bicyclic) bond motifs is 1. The van der Waals surface area contributed by atoms with Gasteiger partial charge in [-0.15, -0.1) is 0 Å². The Hall–Kier alpha value is -1.32. The van der Waals surface area contributed by atoms with Crippen molar-refractivity contribution in [3.63, 3.8) is 0 Å². The summed E-state index contributed by atoms with van der Waals surface area (Å²) in [6, 6.07) is 6.67. The van der Waals surface area contributed by atoms with Crippen LogP contribution in [0, 0.1) is 13.8 Å². The van der Waals surface area contributed by atoms with E-state index in [2.05, 4.69) is 53.9 Å². The van der Waals surface area contributed by atoms with Crippen molar-refractivity contribution < 1.29 is 0 Å². The molecule has 1 aliphatic rings. The summed E-state index contributed by atoms with van der Waals surface area (Å²) in [6.45, 7) is 10.2. The summed E-state index contributed by atoms with van der Waals surface area (Å²) in [5.41, 5.74) is 5.68.